The summed E-state index contributed by atoms with van der Waals surface area (Å²) < 4.78 is 0.999. The first-order valence-electron chi connectivity index (χ1n) is 5.30. The average molecular weight is 307 g/mol. The van der Waals surface area contributed by atoms with Gasteiger partial charge in [-0.3, -0.25) is 0 Å². The van der Waals surface area contributed by atoms with Crippen molar-refractivity contribution in [3.05, 3.63) is 52.1 Å². The Morgan fingerprint density at radius 3 is 2.44 bits per heavy atom. The minimum absolute atomic E-state index is 0.219. The number of anilines is 2. The molecule has 0 aliphatic rings. The Kier molecular flexibility index (Phi) is 3.62. The molecule has 0 aliphatic heterocycles. The van der Waals surface area contributed by atoms with Crippen LogP contribution in [0.1, 0.15) is 16.1 Å². The van der Waals surface area contributed by atoms with Crippen LogP contribution in [0, 0.1) is 6.92 Å². The van der Waals surface area contributed by atoms with Crippen molar-refractivity contribution in [2.75, 3.05) is 5.32 Å². The van der Waals surface area contributed by atoms with Gasteiger partial charge in [-0.15, -0.1) is 0 Å². The number of carboxylic acids is 1. The number of aryl methyl sites for hydroxylation is 1. The van der Waals surface area contributed by atoms with Crippen molar-refractivity contribution < 1.29 is 9.90 Å². The van der Waals surface area contributed by atoms with Gasteiger partial charge in [0.15, 0.2) is 0 Å². The Morgan fingerprint density at radius 1 is 1.22 bits per heavy atom. The average Bonchev–Trinajstić information content (AvgIpc) is 2.32. The highest BCUT2D eigenvalue weighted by Gasteiger charge is 2.08. The molecule has 92 valence electrons. The van der Waals surface area contributed by atoms with Crippen molar-refractivity contribution in [3.63, 3.8) is 0 Å². The van der Waals surface area contributed by atoms with Crippen LogP contribution in [-0.2, 0) is 0 Å². The lowest BCUT2D eigenvalue weighted by atomic mass is 10.2. The number of nitrogens with one attached hydrogen (secondary N) is 1. The highest BCUT2D eigenvalue weighted by molar-refractivity contribution is 9.10. The van der Waals surface area contributed by atoms with Gasteiger partial charge in [-0.25, -0.2) is 9.78 Å². The summed E-state index contributed by atoms with van der Waals surface area (Å²) >= 11 is 3.36. The van der Waals surface area contributed by atoms with E-state index in [2.05, 4.69) is 26.2 Å². The fourth-order valence-corrected chi connectivity index (χ4v) is 1.80. The number of carbonyl (C=O) groups is 1. The topological polar surface area (TPSA) is 62.2 Å². The maximum Gasteiger partial charge on any atom is 0.337 e. The van der Waals surface area contributed by atoms with Crippen molar-refractivity contribution >= 4 is 33.4 Å². The van der Waals surface area contributed by atoms with E-state index in [9.17, 15) is 4.79 Å². The highest BCUT2D eigenvalue weighted by Crippen LogP contribution is 2.19. The first-order chi connectivity index (χ1) is 8.56. The number of halogens is 1. The Morgan fingerprint density at radius 2 is 1.89 bits per heavy atom. The molecule has 0 unspecified atom stereocenters. The quantitative estimate of drug-likeness (QED) is 0.909. The van der Waals surface area contributed by atoms with E-state index in [1.54, 1.807) is 19.1 Å². The molecule has 0 radical (unpaired) electrons. The second-order valence-electron chi connectivity index (χ2n) is 3.77. The van der Waals surface area contributed by atoms with Crippen LogP contribution in [0.5, 0.6) is 0 Å². The van der Waals surface area contributed by atoms with Crippen molar-refractivity contribution in [3.8, 4) is 0 Å². The van der Waals surface area contributed by atoms with E-state index in [0.29, 0.717) is 11.5 Å². The molecule has 1 aromatic carbocycles. The van der Waals surface area contributed by atoms with E-state index in [-0.39, 0.29) is 5.56 Å². The smallest absolute Gasteiger partial charge is 0.337 e. The molecule has 1 heterocycles. The molecule has 2 N–H and O–H groups in total. The third-order valence-electron chi connectivity index (χ3n) is 2.43. The molecule has 0 saturated heterocycles. The Hall–Kier alpha value is -1.88. The molecule has 1 aromatic heterocycles. The van der Waals surface area contributed by atoms with Crippen LogP contribution in [0.25, 0.3) is 0 Å². The maximum absolute atomic E-state index is 10.9. The highest BCUT2D eigenvalue weighted by atomic mass is 79.9. The van der Waals surface area contributed by atoms with Gasteiger partial charge in [-0.05, 0) is 43.3 Å². The maximum atomic E-state index is 10.9. The summed E-state index contributed by atoms with van der Waals surface area (Å²) in [5.74, 6) is -0.338. The monoisotopic (exact) mass is 306 g/mol. The van der Waals surface area contributed by atoms with Crippen LogP contribution < -0.4 is 5.32 Å². The van der Waals surface area contributed by atoms with Crippen LogP contribution in [0.2, 0.25) is 0 Å². The summed E-state index contributed by atoms with van der Waals surface area (Å²) in [6.45, 7) is 1.68. The molecule has 0 saturated carbocycles. The van der Waals surface area contributed by atoms with E-state index in [4.69, 9.17) is 5.11 Å². The SMILES string of the molecule is Cc1nc(Nc2ccc(Br)cc2)ccc1C(=O)O. The lowest BCUT2D eigenvalue weighted by Crippen LogP contribution is -2.03. The Balaban J connectivity index is 2.22. The van der Waals surface area contributed by atoms with E-state index in [0.717, 1.165) is 10.2 Å². The van der Waals surface area contributed by atoms with Crippen LogP contribution in [0.4, 0.5) is 11.5 Å². The molecule has 2 rings (SSSR count). The standard InChI is InChI=1S/C13H11BrN2O2/c1-8-11(13(17)18)6-7-12(15-8)16-10-4-2-9(14)3-5-10/h2-7H,1H3,(H,15,16)(H,17,18). The second kappa shape index (κ2) is 5.18. The summed E-state index contributed by atoms with van der Waals surface area (Å²) in [7, 11) is 0. The minimum atomic E-state index is -0.963. The first kappa shape index (κ1) is 12.6. The van der Waals surface area contributed by atoms with Crippen molar-refractivity contribution in [1.82, 2.24) is 4.98 Å². The molecule has 0 bridgehead atoms. The van der Waals surface area contributed by atoms with E-state index in [1.807, 2.05) is 24.3 Å². The number of benzene rings is 1. The van der Waals surface area contributed by atoms with E-state index < -0.39 is 5.97 Å². The van der Waals surface area contributed by atoms with Crippen LogP contribution in [0.15, 0.2) is 40.9 Å². The lowest BCUT2D eigenvalue weighted by Gasteiger charge is -2.07. The predicted octanol–water partition coefficient (Wildman–Crippen LogP) is 3.59. The number of rotatable bonds is 3. The van der Waals surface area contributed by atoms with Gasteiger partial charge in [0.1, 0.15) is 5.82 Å². The van der Waals surface area contributed by atoms with Crippen LogP contribution in [-0.4, -0.2) is 16.1 Å². The number of aromatic carboxylic acids is 1. The van der Waals surface area contributed by atoms with Crippen molar-refractivity contribution in [2.24, 2.45) is 0 Å². The Labute approximate surface area is 113 Å². The molecule has 0 atom stereocenters. The fraction of sp³-hybridized carbons (Fsp3) is 0.0769. The molecule has 0 amide bonds. The fourth-order valence-electron chi connectivity index (χ4n) is 1.54. The molecule has 18 heavy (non-hydrogen) atoms. The zero-order valence-corrected chi connectivity index (χ0v) is 11.2. The van der Waals surface area contributed by atoms with Crippen molar-refractivity contribution in [1.29, 1.82) is 0 Å². The number of pyridine rings is 1. The summed E-state index contributed by atoms with van der Waals surface area (Å²) in [5, 5.41) is 12.0. The number of aromatic nitrogens is 1. The molecule has 2 aromatic rings. The first-order valence-corrected chi connectivity index (χ1v) is 6.09. The molecule has 4 nitrogen and oxygen atoms in total. The van der Waals surface area contributed by atoms with Crippen molar-refractivity contribution in [2.45, 2.75) is 6.92 Å². The molecule has 0 fully saturated rings. The third-order valence-corrected chi connectivity index (χ3v) is 2.96. The van der Waals surface area contributed by atoms with Gasteiger partial charge >= 0.3 is 5.97 Å². The molecular weight excluding hydrogens is 296 g/mol. The molecule has 5 heteroatoms. The Bertz CT molecular complexity index is 582. The van der Waals surface area contributed by atoms with Crippen LogP contribution in [0.3, 0.4) is 0 Å². The molecule has 0 aliphatic carbocycles. The summed E-state index contributed by atoms with van der Waals surface area (Å²) in [5.41, 5.74) is 1.61. The molecule has 0 spiro atoms. The minimum Gasteiger partial charge on any atom is -0.478 e. The lowest BCUT2D eigenvalue weighted by molar-refractivity contribution is 0.0695. The van der Waals surface area contributed by atoms with Gasteiger partial charge < -0.3 is 10.4 Å². The largest absolute Gasteiger partial charge is 0.478 e. The number of hydrogen-bond acceptors (Lipinski definition) is 3. The summed E-state index contributed by atoms with van der Waals surface area (Å²) in [4.78, 5) is 15.1. The predicted molar refractivity (Wildman–Crippen MR) is 73.4 cm³/mol. The number of hydrogen-bond donors (Lipinski definition) is 2. The van der Waals surface area contributed by atoms with E-state index in [1.165, 1.54) is 0 Å². The zero-order chi connectivity index (χ0) is 13.1. The zero-order valence-electron chi connectivity index (χ0n) is 9.64. The van der Waals surface area contributed by atoms with Gasteiger partial charge in [0.25, 0.3) is 0 Å². The van der Waals surface area contributed by atoms with Crippen LogP contribution >= 0.6 is 15.9 Å². The van der Waals surface area contributed by atoms with Gasteiger partial charge in [0.05, 0.1) is 11.3 Å². The summed E-state index contributed by atoms with van der Waals surface area (Å²) in [6.07, 6.45) is 0. The summed E-state index contributed by atoms with van der Waals surface area (Å²) in [6, 6.07) is 10.9. The normalized spacial score (nSPS) is 10.1. The number of nitrogens with zero attached hydrogens (tertiary/aromatic N) is 1. The van der Waals surface area contributed by atoms with Gasteiger partial charge in [-0.2, -0.15) is 0 Å². The van der Waals surface area contributed by atoms with Gasteiger partial charge in [0, 0.05) is 10.2 Å². The third kappa shape index (κ3) is 2.87. The van der Waals surface area contributed by atoms with Gasteiger partial charge in [0.2, 0.25) is 0 Å². The second-order valence-corrected chi connectivity index (χ2v) is 4.68. The number of carboxylic acid groups (broad SMARTS) is 1. The van der Waals surface area contributed by atoms with E-state index >= 15 is 0 Å². The van der Waals surface area contributed by atoms with Gasteiger partial charge in [-0.1, -0.05) is 15.9 Å². The molecular formula is C13H11BrN2O2.